The number of benzene rings is 3. The van der Waals surface area contributed by atoms with Gasteiger partial charge in [-0.05, 0) is 117 Å². The summed E-state index contributed by atoms with van der Waals surface area (Å²) in [7, 11) is 3.32. The van der Waals surface area contributed by atoms with E-state index in [2.05, 4.69) is 56.2 Å². The Morgan fingerprint density at radius 3 is 1.79 bits per heavy atom. The Morgan fingerprint density at radius 1 is 0.686 bits per heavy atom. The van der Waals surface area contributed by atoms with Gasteiger partial charge in [0.05, 0.1) is 31.8 Å². The summed E-state index contributed by atoms with van der Waals surface area (Å²) >= 11 is 1.37. The summed E-state index contributed by atoms with van der Waals surface area (Å²) in [4.78, 5) is 89.1. The average Bonchev–Trinajstić information content (AvgIpc) is 3.79. The summed E-state index contributed by atoms with van der Waals surface area (Å²) in [5.41, 5.74) is 6.50. The first-order valence-corrected chi connectivity index (χ1v) is 26.0. The van der Waals surface area contributed by atoms with Gasteiger partial charge in [0.25, 0.3) is 0 Å². The molecule has 7 rings (SSSR count). The Labute approximate surface area is 417 Å². The van der Waals surface area contributed by atoms with Gasteiger partial charge in [-0.25, -0.2) is 0 Å². The molecule has 378 valence electrons. The van der Waals surface area contributed by atoms with Crippen molar-refractivity contribution in [2.45, 2.75) is 139 Å². The predicted octanol–water partition coefficient (Wildman–Crippen LogP) is 3.97. The molecule has 3 unspecified atom stereocenters. The summed E-state index contributed by atoms with van der Waals surface area (Å²) in [5, 5.41) is 28.1. The van der Waals surface area contributed by atoms with E-state index in [4.69, 9.17) is 0 Å². The number of carbonyl (C=O) groups is 6. The van der Waals surface area contributed by atoms with Crippen molar-refractivity contribution in [1.29, 1.82) is 0 Å². The fraction of sp³-hybridized carbons (Fsp3) is 0.556. The van der Waals surface area contributed by atoms with E-state index in [1.54, 1.807) is 23.9 Å². The first-order chi connectivity index (χ1) is 33.4. The average molecular weight is 979 g/mol. The number of amides is 6. The van der Waals surface area contributed by atoms with Crippen LogP contribution in [0.3, 0.4) is 0 Å². The molecule has 0 spiro atoms. The zero-order valence-electron chi connectivity index (χ0n) is 42.0. The molecule has 1 saturated heterocycles. The molecule has 2 aliphatic heterocycles. The van der Waals surface area contributed by atoms with Crippen LogP contribution in [0.25, 0.3) is 0 Å². The topological polar surface area (TPSA) is 201 Å². The largest absolute Gasteiger partial charge is 0.396 e. The maximum Gasteiger partial charge on any atom is 0.247 e. The lowest BCUT2D eigenvalue weighted by Crippen LogP contribution is -2.62. The van der Waals surface area contributed by atoms with Gasteiger partial charge in [-0.3, -0.25) is 28.8 Å². The van der Waals surface area contributed by atoms with Crippen LogP contribution in [0.4, 0.5) is 0 Å². The van der Waals surface area contributed by atoms with Gasteiger partial charge >= 0.3 is 0 Å². The van der Waals surface area contributed by atoms with Crippen molar-refractivity contribution in [3.05, 3.63) is 106 Å². The highest BCUT2D eigenvalue weighted by Gasteiger charge is 2.48. The van der Waals surface area contributed by atoms with Crippen LogP contribution in [0.5, 0.6) is 0 Å². The van der Waals surface area contributed by atoms with E-state index >= 15 is 4.79 Å². The molecule has 0 radical (unpaired) electrons. The molecular formula is C54H74N8O7S. The molecule has 0 aromatic heterocycles. The van der Waals surface area contributed by atoms with Gasteiger partial charge < -0.3 is 46.8 Å². The number of hydrogen-bond donors (Lipinski definition) is 7. The van der Waals surface area contributed by atoms with E-state index in [1.807, 2.05) is 77.1 Å². The molecule has 70 heavy (non-hydrogen) atoms. The predicted molar refractivity (Wildman–Crippen MR) is 273 cm³/mol. The smallest absolute Gasteiger partial charge is 0.247 e. The van der Waals surface area contributed by atoms with Gasteiger partial charge in [0.1, 0.15) is 24.2 Å². The summed E-state index contributed by atoms with van der Waals surface area (Å²) in [6.45, 7) is 9.62. The van der Waals surface area contributed by atoms with Crippen LogP contribution in [-0.2, 0) is 54.6 Å². The van der Waals surface area contributed by atoms with E-state index in [-0.39, 0.29) is 86.7 Å². The van der Waals surface area contributed by atoms with Crippen molar-refractivity contribution in [2.75, 3.05) is 46.1 Å². The van der Waals surface area contributed by atoms with Crippen molar-refractivity contribution in [2.24, 2.45) is 5.41 Å². The standard InChI is InChI=1S/C54H74N8O7S/c1-53(2,3)47(59-45(64)29-55-6)51(68)61-32-38(28-44(61)50(67)58-42-21-13-17-34-15-9-11-19-40(34)42)35-22-23-36-27-43(49(66)57-41-20-12-16-33-14-8-10-18-39(33)41)62(31-37(36)26-35)52(69)48(60-46(65)30-56-7)54(4,5)70-25-24-63/h8-11,14-15,18-19,22-23,26,38,41-44,47-48,55-56,63H,12-13,16-17,20-21,24-25,27-32H2,1-7H3,(H,57,66)(H,58,67)(H,59,64)(H,60,65)/t38?,41?,42-,43+,44+,47-,48?/m1/s1. The Hall–Kier alpha value is -5.29. The second kappa shape index (κ2) is 22.9. The number of aryl methyl sites for hydroxylation is 2. The SMILES string of the molecule is CNCC(=O)NC(C(=O)N1Cc2cc(C3C[C@@H](C(=O)N[C@@H]4CCCc5ccccc54)N(C(=O)[C@@H](NC(=O)CNC)C(C)(C)C)C3)ccc2C[C@H]1C(=O)NC1CCCc2ccccc21)C(C)(C)SCCO. The number of likely N-dealkylation sites (tertiary alicyclic amines) is 1. The zero-order chi connectivity index (χ0) is 50.3. The molecule has 3 aromatic rings. The summed E-state index contributed by atoms with van der Waals surface area (Å²) < 4.78 is -0.874. The lowest BCUT2D eigenvalue weighted by atomic mass is 9.85. The van der Waals surface area contributed by atoms with Crippen LogP contribution in [0.2, 0.25) is 0 Å². The highest BCUT2D eigenvalue weighted by molar-refractivity contribution is 8.00. The number of hydrogen-bond acceptors (Lipinski definition) is 10. The van der Waals surface area contributed by atoms with E-state index in [9.17, 15) is 29.1 Å². The molecule has 7 atom stereocenters. The summed E-state index contributed by atoms with van der Waals surface area (Å²) in [6, 6.07) is 18.3. The molecule has 16 heteroatoms. The molecule has 0 saturated carbocycles. The first kappa shape index (κ1) is 52.5. The lowest BCUT2D eigenvalue weighted by molar-refractivity contribution is -0.145. The maximum absolute atomic E-state index is 15.3. The molecular weight excluding hydrogens is 905 g/mol. The number of carbonyl (C=O) groups excluding carboxylic acids is 6. The number of thioether (sulfide) groups is 1. The van der Waals surface area contributed by atoms with Crippen LogP contribution in [-0.4, -0.2) is 125 Å². The Balaban J connectivity index is 1.23. The number of rotatable bonds is 17. The Kier molecular flexibility index (Phi) is 17.1. The Morgan fingerprint density at radius 2 is 1.23 bits per heavy atom. The highest BCUT2D eigenvalue weighted by atomic mass is 32.2. The fourth-order valence-electron chi connectivity index (χ4n) is 10.9. The van der Waals surface area contributed by atoms with Crippen molar-refractivity contribution in [3.63, 3.8) is 0 Å². The van der Waals surface area contributed by atoms with Crippen molar-refractivity contribution >= 4 is 47.2 Å². The lowest BCUT2D eigenvalue weighted by Gasteiger charge is -2.42. The second-order valence-electron chi connectivity index (χ2n) is 21.1. The second-order valence-corrected chi connectivity index (χ2v) is 22.8. The molecule has 0 bridgehead atoms. The van der Waals surface area contributed by atoms with Crippen molar-refractivity contribution in [3.8, 4) is 0 Å². The Bertz CT molecular complexity index is 2400. The molecule has 2 heterocycles. The third kappa shape index (κ3) is 12.1. The third-order valence-electron chi connectivity index (χ3n) is 14.6. The number of fused-ring (bicyclic) bond motifs is 3. The van der Waals surface area contributed by atoms with E-state index in [1.165, 1.54) is 22.9 Å². The van der Waals surface area contributed by atoms with E-state index < -0.39 is 40.2 Å². The van der Waals surface area contributed by atoms with Gasteiger partial charge in [0.2, 0.25) is 35.4 Å². The maximum atomic E-state index is 15.3. The zero-order valence-corrected chi connectivity index (χ0v) is 42.8. The number of nitrogens with zero attached hydrogens (tertiary/aromatic N) is 2. The van der Waals surface area contributed by atoms with Crippen molar-refractivity contribution < 1.29 is 33.9 Å². The molecule has 3 aromatic carbocycles. The number of likely N-dealkylation sites (N-methyl/N-ethyl adjacent to an activating group) is 2. The molecule has 6 amide bonds. The minimum absolute atomic E-state index is 0.0194. The molecule has 4 aliphatic rings. The van der Waals surface area contributed by atoms with Crippen LogP contribution in [0, 0.1) is 5.41 Å². The van der Waals surface area contributed by atoms with E-state index in [0.29, 0.717) is 12.2 Å². The van der Waals surface area contributed by atoms with Gasteiger partial charge in [0.15, 0.2) is 0 Å². The van der Waals surface area contributed by atoms with Crippen LogP contribution in [0.1, 0.15) is 124 Å². The normalized spacial score (nSPS) is 21.9. The number of aliphatic hydroxyl groups excluding tert-OH is 1. The number of nitrogens with one attached hydrogen (secondary N) is 6. The molecule has 15 nitrogen and oxygen atoms in total. The van der Waals surface area contributed by atoms with E-state index in [0.717, 1.165) is 66.3 Å². The monoisotopic (exact) mass is 979 g/mol. The molecule has 7 N–H and O–H groups in total. The number of aliphatic hydroxyl groups is 1. The minimum Gasteiger partial charge on any atom is -0.396 e. The summed E-state index contributed by atoms with van der Waals surface area (Å²) in [5.74, 6) is -1.91. The van der Waals surface area contributed by atoms with Gasteiger partial charge in [-0.2, -0.15) is 11.8 Å². The molecule has 1 fully saturated rings. The van der Waals surface area contributed by atoms with Gasteiger partial charge in [-0.15, -0.1) is 0 Å². The fourth-order valence-corrected chi connectivity index (χ4v) is 11.8. The minimum atomic E-state index is -1.05. The van der Waals surface area contributed by atoms with Crippen LogP contribution >= 0.6 is 11.8 Å². The van der Waals surface area contributed by atoms with Crippen molar-refractivity contribution in [1.82, 2.24) is 41.7 Å². The van der Waals surface area contributed by atoms with Gasteiger partial charge in [0, 0.05) is 35.9 Å². The van der Waals surface area contributed by atoms with Gasteiger partial charge in [-0.1, -0.05) is 87.5 Å². The third-order valence-corrected chi connectivity index (χ3v) is 15.9. The first-order valence-electron chi connectivity index (χ1n) is 25.1. The van der Waals surface area contributed by atoms with Crippen LogP contribution < -0.4 is 31.9 Å². The highest BCUT2D eigenvalue weighted by Crippen LogP contribution is 2.39. The molecule has 2 aliphatic carbocycles. The summed E-state index contributed by atoms with van der Waals surface area (Å²) in [6.07, 6.45) is 5.81. The quantitative estimate of drug-likeness (QED) is 0.104. The van der Waals surface area contributed by atoms with Crippen LogP contribution in [0.15, 0.2) is 66.7 Å².